The normalized spacial score (nSPS) is 29.9. The van der Waals surface area contributed by atoms with E-state index in [1.54, 1.807) is 36.2 Å². The van der Waals surface area contributed by atoms with Crippen LogP contribution in [-0.4, -0.2) is 59.4 Å². The summed E-state index contributed by atoms with van der Waals surface area (Å²) in [6, 6.07) is 8.52. The molecular weight excluding hydrogens is 428 g/mol. The van der Waals surface area contributed by atoms with Gasteiger partial charge in [-0.05, 0) is 44.9 Å². The fourth-order valence-electron chi connectivity index (χ4n) is 7.12. The first-order valence-electron chi connectivity index (χ1n) is 13.1. The molecule has 2 saturated carbocycles. The summed E-state index contributed by atoms with van der Waals surface area (Å²) in [4.78, 5) is 43.3. The molecule has 34 heavy (non-hydrogen) atoms. The van der Waals surface area contributed by atoms with Crippen LogP contribution in [0, 0.1) is 11.3 Å². The van der Waals surface area contributed by atoms with Gasteiger partial charge in [-0.3, -0.25) is 14.5 Å². The van der Waals surface area contributed by atoms with Crippen LogP contribution >= 0.6 is 0 Å². The molecule has 186 valence electrons. The highest BCUT2D eigenvalue weighted by Gasteiger charge is 2.64. The summed E-state index contributed by atoms with van der Waals surface area (Å²) in [5.41, 5.74) is -0.523. The second-order valence-corrected chi connectivity index (χ2v) is 10.7. The van der Waals surface area contributed by atoms with Crippen LogP contribution in [0.4, 0.5) is 4.79 Å². The van der Waals surface area contributed by atoms with Crippen LogP contribution in [0.3, 0.4) is 0 Å². The van der Waals surface area contributed by atoms with Crippen molar-refractivity contribution in [3.8, 4) is 0 Å². The first kappa shape index (κ1) is 24.9. The molecule has 3 aliphatic rings. The molecule has 6 nitrogen and oxygen atoms in total. The third-order valence-electron chi connectivity index (χ3n) is 8.82. The predicted octanol–water partition coefficient (Wildman–Crippen LogP) is 5.46. The fourth-order valence-corrected chi connectivity index (χ4v) is 7.12. The Labute approximate surface area is 204 Å². The standard InChI is InChI=1S/C28H40N2O4/c1-4-34-23-16-13-19-28(17-11-6-5-7-12-18-28)24(23)27(2)25(32)30(26(33)29(27)3)20-22(31)21-14-9-8-10-15-21/h8-10,14-15,23-24H,4-7,11-13,16-20H2,1-3H3. The Balaban J connectivity index is 1.70. The highest BCUT2D eigenvalue weighted by atomic mass is 16.5. The van der Waals surface area contributed by atoms with Crippen molar-refractivity contribution in [1.29, 1.82) is 0 Å². The van der Waals surface area contributed by atoms with Gasteiger partial charge in [0, 0.05) is 25.1 Å². The lowest BCUT2D eigenvalue weighted by Crippen LogP contribution is -2.62. The molecule has 1 aliphatic heterocycles. The van der Waals surface area contributed by atoms with Crippen LogP contribution in [-0.2, 0) is 9.53 Å². The van der Waals surface area contributed by atoms with Gasteiger partial charge < -0.3 is 9.64 Å². The Morgan fingerprint density at radius 2 is 1.62 bits per heavy atom. The minimum Gasteiger partial charge on any atom is -0.378 e. The van der Waals surface area contributed by atoms with Crippen molar-refractivity contribution in [1.82, 2.24) is 9.80 Å². The van der Waals surface area contributed by atoms with Crippen LogP contribution < -0.4 is 0 Å². The number of ketones is 1. The molecule has 1 saturated heterocycles. The Bertz CT molecular complexity index is 891. The third-order valence-corrected chi connectivity index (χ3v) is 8.82. The molecule has 0 N–H and O–H groups in total. The van der Waals surface area contributed by atoms with Crippen molar-refractivity contribution >= 4 is 17.7 Å². The van der Waals surface area contributed by atoms with Crippen molar-refractivity contribution in [3.63, 3.8) is 0 Å². The molecular formula is C28H40N2O4. The SMILES string of the molecule is CCOC1CCCC2(CCCCCCC2)C1C1(C)C(=O)N(CC(=O)c2ccccc2)C(=O)N1C. The highest BCUT2D eigenvalue weighted by molar-refractivity contribution is 6.11. The van der Waals surface area contributed by atoms with E-state index in [0.717, 1.165) is 44.9 Å². The van der Waals surface area contributed by atoms with Gasteiger partial charge in [-0.2, -0.15) is 0 Å². The minimum absolute atomic E-state index is 0.0170. The molecule has 3 unspecified atom stereocenters. The molecule has 1 aromatic rings. The van der Waals surface area contributed by atoms with E-state index < -0.39 is 5.54 Å². The van der Waals surface area contributed by atoms with E-state index in [2.05, 4.69) is 0 Å². The summed E-state index contributed by atoms with van der Waals surface area (Å²) < 4.78 is 6.31. The van der Waals surface area contributed by atoms with Crippen molar-refractivity contribution in [2.24, 2.45) is 11.3 Å². The summed E-state index contributed by atoms with van der Waals surface area (Å²) in [7, 11) is 1.74. The number of Topliss-reactive ketones (excluding diaryl/α,β-unsaturated/α-hetero) is 1. The van der Waals surface area contributed by atoms with Gasteiger partial charge in [0.15, 0.2) is 5.78 Å². The summed E-state index contributed by atoms with van der Waals surface area (Å²) >= 11 is 0. The maximum absolute atomic E-state index is 14.1. The zero-order chi connectivity index (χ0) is 24.3. The van der Waals surface area contributed by atoms with Gasteiger partial charge in [0.25, 0.3) is 5.91 Å². The number of hydrogen-bond donors (Lipinski definition) is 0. The fraction of sp³-hybridized carbons (Fsp3) is 0.679. The lowest BCUT2D eigenvalue weighted by Gasteiger charge is -2.55. The molecule has 4 rings (SSSR count). The number of carbonyl (C=O) groups is 3. The maximum Gasteiger partial charge on any atom is 0.327 e. The number of ether oxygens (including phenoxy) is 1. The number of carbonyl (C=O) groups excluding carboxylic acids is 3. The summed E-state index contributed by atoms with van der Waals surface area (Å²) in [6.45, 7) is 4.31. The molecule has 6 heteroatoms. The lowest BCUT2D eigenvalue weighted by atomic mass is 9.54. The maximum atomic E-state index is 14.1. The van der Waals surface area contributed by atoms with Crippen LogP contribution in [0.1, 0.15) is 88.4 Å². The van der Waals surface area contributed by atoms with E-state index >= 15 is 0 Å². The molecule has 0 bridgehead atoms. The number of benzene rings is 1. The van der Waals surface area contributed by atoms with Crippen LogP contribution in [0.25, 0.3) is 0 Å². The number of hydrogen-bond acceptors (Lipinski definition) is 4. The van der Waals surface area contributed by atoms with Gasteiger partial charge in [-0.25, -0.2) is 4.79 Å². The van der Waals surface area contributed by atoms with E-state index in [9.17, 15) is 14.4 Å². The zero-order valence-electron chi connectivity index (χ0n) is 21.1. The molecule has 1 heterocycles. The van der Waals surface area contributed by atoms with E-state index in [0.29, 0.717) is 12.2 Å². The Morgan fingerprint density at radius 1 is 1.00 bits per heavy atom. The highest BCUT2D eigenvalue weighted by Crippen LogP contribution is 2.56. The van der Waals surface area contributed by atoms with Crippen molar-refractivity contribution in [2.75, 3.05) is 20.2 Å². The molecule has 3 atom stereocenters. The Morgan fingerprint density at radius 3 is 2.26 bits per heavy atom. The molecule has 3 amide bonds. The van der Waals surface area contributed by atoms with E-state index in [4.69, 9.17) is 4.74 Å². The third kappa shape index (κ3) is 4.30. The van der Waals surface area contributed by atoms with Crippen molar-refractivity contribution in [3.05, 3.63) is 35.9 Å². The number of likely N-dealkylation sites (N-methyl/N-ethyl adjacent to an activating group) is 1. The Hall–Kier alpha value is -2.21. The smallest absolute Gasteiger partial charge is 0.327 e. The molecule has 3 fully saturated rings. The number of nitrogens with zero attached hydrogens (tertiary/aromatic N) is 2. The van der Waals surface area contributed by atoms with Crippen molar-refractivity contribution < 1.29 is 19.1 Å². The molecule has 2 aliphatic carbocycles. The number of amides is 3. The van der Waals surface area contributed by atoms with Gasteiger partial charge in [0.2, 0.25) is 0 Å². The van der Waals surface area contributed by atoms with E-state index in [1.165, 1.54) is 24.2 Å². The molecule has 1 aromatic carbocycles. The first-order chi connectivity index (χ1) is 16.3. The van der Waals surface area contributed by atoms with Crippen LogP contribution in [0.15, 0.2) is 30.3 Å². The van der Waals surface area contributed by atoms with E-state index in [1.807, 2.05) is 19.9 Å². The lowest BCUT2D eigenvalue weighted by molar-refractivity contribution is -0.155. The number of rotatable bonds is 6. The van der Waals surface area contributed by atoms with Crippen LogP contribution in [0.2, 0.25) is 0 Å². The average molecular weight is 469 g/mol. The van der Waals surface area contributed by atoms with Gasteiger partial charge >= 0.3 is 6.03 Å². The summed E-state index contributed by atoms with van der Waals surface area (Å²) in [5.74, 6) is -0.544. The van der Waals surface area contributed by atoms with Crippen LogP contribution in [0.5, 0.6) is 0 Å². The van der Waals surface area contributed by atoms with E-state index in [-0.39, 0.29) is 41.7 Å². The van der Waals surface area contributed by atoms with Crippen molar-refractivity contribution in [2.45, 2.75) is 89.7 Å². The quantitative estimate of drug-likeness (QED) is 0.411. The monoisotopic (exact) mass is 468 g/mol. The minimum atomic E-state index is -1.02. The Kier molecular flexibility index (Phi) is 7.46. The second-order valence-electron chi connectivity index (χ2n) is 10.7. The summed E-state index contributed by atoms with van der Waals surface area (Å²) in [6.07, 6.45) is 11.2. The largest absolute Gasteiger partial charge is 0.378 e. The zero-order valence-corrected chi connectivity index (χ0v) is 21.1. The molecule has 1 spiro atoms. The second kappa shape index (κ2) is 10.2. The topological polar surface area (TPSA) is 66.9 Å². The molecule has 0 aromatic heterocycles. The number of urea groups is 1. The summed E-state index contributed by atoms with van der Waals surface area (Å²) in [5, 5.41) is 0. The van der Waals surface area contributed by atoms with Gasteiger partial charge in [0.05, 0.1) is 12.6 Å². The van der Waals surface area contributed by atoms with Gasteiger partial charge in [-0.1, -0.05) is 68.9 Å². The molecule has 0 radical (unpaired) electrons. The van der Waals surface area contributed by atoms with Gasteiger partial charge in [-0.15, -0.1) is 0 Å². The van der Waals surface area contributed by atoms with Gasteiger partial charge in [0.1, 0.15) is 5.54 Å². The first-order valence-corrected chi connectivity index (χ1v) is 13.1. The predicted molar refractivity (Wildman–Crippen MR) is 132 cm³/mol. The number of imide groups is 1. The average Bonchev–Trinajstić information content (AvgIpc) is 2.98.